The third-order valence-corrected chi connectivity index (χ3v) is 12.5. The lowest BCUT2D eigenvalue weighted by atomic mass is 9.82. The fraction of sp³-hybridized carbons (Fsp3) is 0.148. The van der Waals surface area contributed by atoms with Crippen LogP contribution in [-0.4, -0.2) is 13.1 Å². The molecule has 1 aliphatic carbocycles. The summed E-state index contributed by atoms with van der Waals surface area (Å²) >= 11 is 0. The van der Waals surface area contributed by atoms with E-state index >= 15 is 0 Å². The summed E-state index contributed by atoms with van der Waals surface area (Å²) in [6.07, 6.45) is 11.6. The average molecular weight is 721 g/mol. The van der Waals surface area contributed by atoms with Gasteiger partial charge in [-0.2, -0.15) is 0 Å². The highest BCUT2D eigenvalue weighted by molar-refractivity contribution is 6.24. The van der Waals surface area contributed by atoms with E-state index in [-0.39, 0.29) is 0 Å². The largest absolute Gasteiger partial charge is 0.345 e. The monoisotopic (exact) mass is 720 g/mol. The smallest absolute Gasteiger partial charge is 0.0443 e. The summed E-state index contributed by atoms with van der Waals surface area (Å²) in [7, 11) is 0. The second-order valence-electron chi connectivity index (χ2n) is 15.7. The van der Waals surface area contributed by atoms with Crippen LogP contribution in [0.1, 0.15) is 37.7 Å². The molecule has 8 aromatic rings. The van der Waals surface area contributed by atoms with Crippen molar-refractivity contribution < 1.29 is 0 Å². The van der Waals surface area contributed by atoms with Crippen molar-refractivity contribution >= 4 is 49.4 Å². The Morgan fingerprint density at radius 3 is 1.82 bits per heavy atom. The molecule has 3 aliphatic rings. The molecule has 56 heavy (non-hydrogen) atoms. The van der Waals surface area contributed by atoms with E-state index in [0.29, 0.717) is 0 Å². The van der Waals surface area contributed by atoms with Crippen LogP contribution in [0.4, 0.5) is 17.1 Å². The van der Waals surface area contributed by atoms with Crippen molar-refractivity contribution in [2.45, 2.75) is 38.5 Å². The molecule has 0 spiro atoms. The lowest BCUT2D eigenvalue weighted by molar-refractivity contribution is 0.692. The SMILES string of the molecule is C1=CC2=C(CC1)N(c1ccc3c(-c4ccccc4)c4cc(N5CCCc6ccccc65)ccc4c(-c4cc5ccccc5cc4-c4ccccc4)c3c1)CCC2. The van der Waals surface area contributed by atoms with Crippen molar-refractivity contribution in [2.75, 3.05) is 22.9 Å². The molecule has 0 atom stereocenters. The molecule has 2 heteroatoms. The average Bonchev–Trinajstić information content (AvgIpc) is 3.27. The predicted molar refractivity (Wildman–Crippen MR) is 239 cm³/mol. The second kappa shape index (κ2) is 13.7. The number of hydrogen-bond acceptors (Lipinski definition) is 2. The van der Waals surface area contributed by atoms with E-state index in [2.05, 4.69) is 180 Å². The summed E-state index contributed by atoms with van der Waals surface area (Å²) < 4.78 is 0. The molecule has 0 saturated carbocycles. The number of anilines is 3. The van der Waals surface area contributed by atoms with E-state index < -0.39 is 0 Å². The molecule has 2 heterocycles. The zero-order valence-electron chi connectivity index (χ0n) is 31.7. The zero-order chi connectivity index (χ0) is 37.0. The molecule has 2 aliphatic heterocycles. The molecule has 8 aromatic carbocycles. The quantitative estimate of drug-likeness (QED) is 0.163. The summed E-state index contributed by atoms with van der Waals surface area (Å²) in [5.41, 5.74) is 16.0. The van der Waals surface area contributed by atoms with Gasteiger partial charge in [-0.05, 0) is 158 Å². The van der Waals surface area contributed by atoms with Gasteiger partial charge in [-0.3, -0.25) is 0 Å². The van der Waals surface area contributed by atoms with E-state index in [4.69, 9.17) is 0 Å². The molecule has 11 rings (SSSR count). The predicted octanol–water partition coefficient (Wildman–Crippen LogP) is 14.4. The molecular formula is C54H44N2. The van der Waals surface area contributed by atoms with Crippen molar-refractivity contribution in [1.29, 1.82) is 0 Å². The van der Waals surface area contributed by atoms with Crippen LogP contribution in [-0.2, 0) is 6.42 Å². The van der Waals surface area contributed by atoms with Gasteiger partial charge < -0.3 is 9.80 Å². The Morgan fingerprint density at radius 1 is 0.429 bits per heavy atom. The van der Waals surface area contributed by atoms with Gasteiger partial charge in [0.1, 0.15) is 0 Å². The third-order valence-electron chi connectivity index (χ3n) is 12.5. The van der Waals surface area contributed by atoms with Gasteiger partial charge in [0, 0.05) is 35.8 Å². The number of para-hydroxylation sites is 1. The Balaban J connectivity index is 1.26. The van der Waals surface area contributed by atoms with Crippen molar-refractivity contribution in [3.05, 3.63) is 187 Å². The van der Waals surface area contributed by atoms with Crippen LogP contribution < -0.4 is 9.80 Å². The highest BCUT2D eigenvalue weighted by Gasteiger charge is 2.26. The van der Waals surface area contributed by atoms with Gasteiger partial charge in [-0.25, -0.2) is 0 Å². The van der Waals surface area contributed by atoms with E-state index in [0.717, 1.165) is 38.8 Å². The first-order valence-electron chi connectivity index (χ1n) is 20.5. The van der Waals surface area contributed by atoms with E-state index in [1.807, 2.05) is 0 Å². The Hall–Kier alpha value is -6.38. The van der Waals surface area contributed by atoms with Crippen LogP contribution in [0.3, 0.4) is 0 Å². The maximum Gasteiger partial charge on any atom is 0.0443 e. The highest BCUT2D eigenvalue weighted by atomic mass is 15.2. The maximum atomic E-state index is 2.63. The standard InChI is InChI=1S/C54H44N2/c1-3-15-37(16-4-1)47-33-41-21-7-8-22-42(41)34-48(47)54-46-30-28-43(55-31-13-23-38-17-9-11-25-51(38)55)35-49(46)53(40-19-5-2-6-20-40)45-29-27-44(36-50(45)54)56-32-14-24-39-18-10-12-26-52(39)56/h1-11,15-22,25,27-30,33-36H,12-14,23-24,26,31-32H2. The number of aryl methyl sites for hydroxylation is 1. The zero-order valence-corrected chi connectivity index (χ0v) is 31.7. The fourth-order valence-electron chi connectivity index (χ4n) is 9.94. The van der Waals surface area contributed by atoms with Crippen LogP contribution in [0.2, 0.25) is 0 Å². The number of rotatable bonds is 5. The Morgan fingerprint density at radius 2 is 1.04 bits per heavy atom. The lowest BCUT2D eigenvalue weighted by Gasteiger charge is -2.35. The first-order valence-corrected chi connectivity index (χ1v) is 20.5. The van der Waals surface area contributed by atoms with Crippen molar-refractivity contribution in [2.24, 2.45) is 0 Å². The Bertz CT molecular complexity index is 2860. The first-order chi connectivity index (χ1) is 27.8. The molecule has 0 aromatic heterocycles. The van der Waals surface area contributed by atoms with E-state index in [9.17, 15) is 0 Å². The van der Waals surface area contributed by atoms with Gasteiger partial charge in [0.05, 0.1) is 0 Å². The van der Waals surface area contributed by atoms with Crippen LogP contribution in [0, 0.1) is 0 Å². The van der Waals surface area contributed by atoms with Crippen LogP contribution >= 0.6 is 0 Å². The molecule has 0 bridgehead atoms. The molecule has 0 radical (unpaired) electrons. The molecule has 0 amide bonds. The first kappa shape index (κ1) is 33.0. The summed E-state index contributed by atoms with van der Waals surface area (Å²) in [5, 5.41) is 7.69. The third kappa shape index (κ3) is 5.55. The lowest BCUT2D eigenvalue weighted by Crippen LogP contribution is -2.29. The number of fused-ring (bicyclic) bond motifs is 4. The number of allylic oxidation sites excluding steroid dienone is 4. The molecule has 0 saturated heterocycles. The van der Waals surface area contributed by atoms with Crippen molar-refractivity contribution in [3.63, 3.8) is 0 Å². The van der Waals surface area contributed by atoms with Crippen molar-refractivity contribution in [3.8, 4) is 33.4 Å². The van der Waals surface area contributed by atoms with Crippen LogP contribution in [0.15, 0.2) is 181 Å². The molecule has 0 fully saturated rings. The van der Waals surface area contributed by atoms with Gasteiger partial charge >= 0.3 is 0 Å². The molecule has 0 unspecified atom stereocenters. The van der Waals surface area contributed by atoms with Gasteiger partial charge in [0.25, 0.3) is 0 Å². The topological polar surface area (TPSA) is 6.48 Å². The molecular weight excluding hydrogens is 677 g/mol. The van der Waals surface area contributed by atoms with Gasteiger partial charge in [0.15, 0.2) is 0 Å². The molecule has 270 valence electrons. The minimum atomic E-state index is 1.01. The summed E-state index contributed by atoms with van der Waals surface area (Å²) in [4.78, 5) is 5.18. The minimum absolute atomic E-state index is 1.01. The summed E-state index contributed by atoms with van der Waals surface area (Å²) in [6.45, 7) is 2.07. The Kier molecular flexibility index (Phi) is 8.09. The van der Waals surface area contributed by atoms with Gasteiger partial charge in [-0.1, -0.05) is 127 Å². The normalized spacial score (nSPS) is 15.4. The summed E-state index contributed by atoms with van der Waals surface area (Å²) in [5.74, 6) is 0. The highest BCUT2D eigenvalue weighted by Crippen LogP contribution is 2.50. The number of benzene rings is 8. The molecule has 2 nitrogen and oxygen atoms in total. The van der Waals surface area contributed by atoms with E-state index in [1.165, 1.54) is 112 Å². The van der Waals surface area contributed by atoms with Gasteiger partial charge in [0.2, 0.25) is 0 Å². The number of nitrogens with zero attached hydrogens (tertiary/aromatic N) is 2. The molecule has 0 N–H and O–H groups in total. The second-order valence-corrected chi connectivity index (χ2v) is 15.7. The van der Waals surface area contributed by atoms with Crippen LogP contribution in [0.25, 0.3) is 65.7 Å². The fourth-order valence-corrected chi connectivity index (χ4v) is 9.94. The Labute approximate surface area is 329 Å². The summed E-state index contributed by atoms with van der Waals surface area (Å²) in [6, 6.07) is 59.5. The minimum Gasteiger partial charge on any atom is -0.345 e. The maximum absolute atomic E-state index is 2.63. The number of hydrogen-bond donors (Lipinski definition) is 0. The van der Waals surface area contributed by atoms with Crippen molar-refractivity contribution in [1.82, 2.24) is 0 Å². The van der Waals surface area contributed by atoms with E-state index in [1.54, 1.807) is 0 Å². The van der Waals surface area contributed by atoms with Gasteiger partial charge in [-0.15, -0.1) is 0 Å². The van der Waals surface area contributed by atoms with Crippen LogP contribution in [0.5, 0.6) is 0 Å².